The highest BCUT2D eigenvalue weighted by Gasteiger charge is 2.50. The Bertz CT molecular complexity index is 653. The van der Waals surface area contributed by atoms with Crippen LogP contribution in [-0.2, 0) is 22.2 Å². The molecule has 2 rings (SSSR count). The Morgan fingerprint density at radius 3 is 2.43 bits per heavy atom. The van der Waals surface area contributed by atoms with Crippen molar-refractivity contribution in [1.82, 2.24) is 0 Å². The lowest BCUT2D eigenvalue weighted by Gasteiger charge is -2.32. The van der Waals surface area contributed by atoms with Crippen molar-refractivity contribution < 1.29 is 19.2 Å². The van der Waals surface area contributed by atoms with Crippen molar-refractivity contribution in [3.8, 4) is 0 Å². The van der Waals surface area contributed by atoms with Gasteiger partial charge in [-0.15, -0.1) is 0 Å². The number of rotatable bonds is 5. The van der Waals surface area contributed by atoms with Crippen LogP contribution in [0.5, 0.6) is 0 Å². The summed E-state index contributed by atoms with van der Waals surface area (Å²) in [5.74, 6) is -1.05. The second-order valence-corrected chi connectivity index (χ2v) is 6.58. The standard InChI is InChI=1S/C15H20BN3O4/c1-14(2)15(3,4)23-16(22-14)8-10-5-6-12(13(20)21)11(7-10)9-18-19-17/h5-7H,8-9H2,1-4H3,(H,20,21). The number of carbonyl (C=O) groups is 1. The van der Waals surface area contributed by atoms with Gasteiger partial charge in [0.25, 0.3) is 0 Å². The van der Waals surface area contributed by atoms with Gasteiger partial charge in [-0.05, 0) is 50.4 Å². The number of carboxylic acid groups (broad SMARTS) is 1. The number of carboxylic acids is 1. The maximum atomic E-state index is 11.2. The fraction of sp³-hybridized carbons (Fsp3) is 0.533. The smallest absolute Gasteiger partial charge is 0.462 e. The highest BCUT2D eigenvalue weighted by molar-refractivity contribution is 6.45. The molecule has 0 unspecified atom stereocenters. The highest BCUT2D eigenvalue weighted by Crippen LogP contribution is 2.37. The minimum Gasteiger partial charge on any atom is -0.478 e. The molecule has 0 bridgehead atoms. The van der Waals surface area contributed by atoms with Crippen LogP contribution in [0, 0.1) is 0 Å². The van der Waals surface area contributed by atoms with Crippen molar-refractivity contribution in [2.24, 2.45) is 5.11 Å². The van der Waals surface area contributed by atoms with Crippen LogP contribution in [0.3, 0.4) is 0 Å². The quantitative estimate of drug-likeness (QED) is 0.389. The predicted molar refractivity (Wildman–Crippen MR) is 86.0 cm³/mol. The molecule has 0 aliphatic carbocycles. The molecule has 0 amide bonds. The first-order chi connectivity index (χ1) is 10.7. The van der Waals surface area contributed by atoms with Crippen LogP contribution in [0.25, 0.3) is 10.4 Å². The van der Waals surface area contributed by atoms with E-state index in [2.05, 4.69) is 10.0 Å². The minimum absolute atomic E-state index is 0.00462. The first-order valence-electron chi connectivity index (χ1n) is 7.38. The molecule has 0 aromatic heterocycles. The lowest BCUT2D eigenvalue weighted by molar-refractivity contribution is 0.00578. The second-order valence-electron chi connectivity index (χ2n) is 6.58. The molecule has 1 aliphatic rings. The van der Waals surface area contributed by atoms with Gasteiger partial charge in [0, 0.05) is 11.2 Å². The van der Waals surface area contributed by atoms with Crippen molar-refractivity contribution >= 4 is 13.1 Å². The van der Waals surface area contributed by atoms with E-state index in [0.29, 0.717) is 11.9 Å². The molecule has 23 heavy (non-hydrogen) atoms. The Kier molecular flexibility index (Phi) is 4.70. The Morgan fingerprint density at radius 2 is 1.91 bits per heavy atom. The molecule has 7 nitrogen and oxygen atoms in total. The van der Waals surface area contributed by atoms with Gasteiger partial charge in [-0.3, -0.25) is 0 Å². The summed E-state index contributed by atoms with van der Waals surface area (Å²) in [6.07, 6.45) is 0.496. The van der Waals surface area contributed by atoms with Crippen LogP contribution < -0.4 is 0 Å². The molecule has 0 atom stereocenters. The number of hydrogen-bond donors (Lipinski definition) is 1. The highest BCUT2D eigenvalue weighted by atomic mass is 16.7. The van der Waals surface area contributed by atoms with E-state index in [1.807, 2.05) is 27.7 Å². The number of hydrogen-bond acceptors (Lipinski definition) is 4. The molecule has 1 fully saturated rings. The van der Waals surface area contributed by atoms with Crippen molar-refractivity contribution in [2.45, 2.75) is 51.8 Å². The lowest BCUT2D eigenvalue weighted by Crippen LogP contribution is -2.41. The molecule has 1 aromatic rings. The Morgan fingerprint density at radius 1 is 1.30 bits per heavy atom. The molecule has 0 radical (unpaired) electrons. The maximum Gasteiger partial charge on any atom is 0.462 e. The van der Waals surface area contributed by atoms with Gasteiger partial charge >= 0.3 is 13.1 Å². The van der Waals surface area contributed by atoms with E-state index in [-0.39, 0.29) is 12.1 Å². The molecule has 1 N–H and O–H groups in total. The molecular formula is C15H20BN3O4. The monoisotopic (exact) mass is 317 g/mol. The third-order valence-corrected chi connectivity index (χ3v) is 4.41. The molecule has 1 heterocycles. The normalized spacial score (nSPS) is 18.5. The van der Waals surface area contributed by atoms with Gasteiger partial charge in [-0.1, -0.05) is 17.2 Å². The summed E-state index contributed by atoms with van der Waals surface area (Å²) >= 11 is 0. The van der Waals surface area contributed by atoms with Crippen LogP contribution >= 0.6 is 0 Å². The van der Waals surface area contributed by atoms with Crippen LogP contribution in [0.1, 0.15) is 49.2 Å². The average Bonchev–Trinajstić information content (AvgIpc) is 2.63. The minimum atomic E-state index is -1.05. The third-order valence-electron chi connectivity index (χ3n) is 4.41. The third kappa shape index (κ3) is 3.67. The molecule has 0 saturated carbocycles. The molecule has 1 aliphatic heterocycles. The lowest BCUT2D eigenvalue weighted by atomic mass is 9.80. The zero-order valence-electron chi connectivity index (χ0n) is 13.7. The van der Waals surface area contributed by atoms with Crippen LogP contribution in [0.15, 0.2) is 23.3 Å². The summed E-state index contributed by atoms with van der Waals surface area (Å²) in [5.41, 5.74) is 9.10. The zero-order valence-corrected chi connectivity index (χ0v) is 13.7. The van der Waals surface area contributed by atoms with Gasteiger partial charge in [0.2, 0.25) is 0 Å². The maximum absolute atomic E-state index is 11.2. The Balaban J connectivity index is 2.21. The SMILES string of the molecule is CC1(C)OB(Cc2ccc(C(=O)O)c(CN=[N+]=[N-])c2)OC1(C)C. The summed E-state index contributed by atoms with van der Waals surface area (Å²) < 4.78 is 11.9. The molecule has 8 heteroatoms. The fourth-order valence-electron chi connectivity index (χ4n) is 2.46. The van der Waals surface area contributed by atoms with E-state index in [9.17, 15) is 9.90 Å². The summed E-state index contributed by atoms with van der Waals surface area (Å²) in [6, 6.07) is 4.97. The van der Waals surface area contributed by atoms with Crippen molar-refractivity contribution in [3.05, 3.63) is 45.3 Å². The largest absolute Gasteiger partial charge is 0.478 e. The number of nitrogens with zero attached hydrogens (tertiary/aromatic N) is 3. The first kappa shape index (κ1) is 17.3. The van der Waals surface area contributed by atoms with Gasteiger partial charge in [-0.2, -0.15) is 0 Å². The second kappa shape index (κ2) is 6.24. The predicted octanol–water partition coefficient (Wildman–Crippen LogP) is 3.37. The van der Waals surface area contributed by atoms with Gasteiger partial charge in [0.15, 0.2) is 0 Å². The van der Waals surface area contributed by atoms with Crippen LogP contribution in [-0.4, -0.2) is 29.4 Å². The van der Waals surface area contributed by atoms with E-state index < -0.39 is 24.3 Å². The van der Waals surface area contributed by atoms with Gasteiger partial charge in [0.1, 0.15) is 0 Å². The van der Waals surface area contributed by atoms with E-state index in [0.717, 1.165) is 5.56 Å². The summed E-state index contributed by atoms with van der Waals surface area (Å²) in [6.45, 7) is 7.91. The van der Waals surface area contributed by atoms with Crippen molar-refractivity contribution in [3.63, 3.8) is 0 Å². The average molecular weight is 317 g/mol. The van der Waals surface area contributed by atoms with Gasteiger partial charge in [0.05, 0.1) is 23.3 Å². The van der Waals surface area contributed by atoms with Gasteiger partial charge in [-0.25, -0.2) is 4.79 Å². The molecule has 1 saturated heterocycles. The van der Waals surface area contributed by atoms with E-state index in [4.69, 9.17) is 14.8 Å². The van der Waals surface area contributed by atoms with E-state index in [1.54, 1.807) is 12.1 Å². The van der Waals surface area contributed by atoms with Crippen LogP contribution in [0.2, 0.25) is 0 Å². The summed E-state index contributed by atoms with van der Waals surface area (Å²) in [5, 5.41) is 12.7. The molecule has 0 spiro atoms. The number of azide groups is 1. The summed E-state index contributed by atoms with van der Waals surface area (Å²) in [4.78, 5) is 13.9. The number of aromatic carboxylic acids is 1. The van der Waals surface area contributed by atoms with E-state index in [1.165, 1.54) is 6.07 Å². The Labute approximate surface area is 135 Å². The Hall–Kier alpha value is -2.02. The molecule has 1 aromatic carbocycles. The number of benzene rings is 1. The van der Waals surface area contributed by atoms with E-state index >= 15 is 0 Å². The summed E-state index contributed by atoms with van der Waals surface area (Å²) in [7, 11) is -0.400. The topological polar surface area (TPSA) is 105 Å². The van der Waals surface area contributed by atoms with Crippen LogP contribution in [0.4, 0.5) is 0 Å². The molecule has 122 valence electrons. The molecular weight excluding hydrogens is 297 g/mol. The van der Waals surface area contributed by atoms with Gasteiger partial charge < -0.3 is 14.4 Å². The fourth-order valence-corrected chi connectivity index (χ4v) is 2.46. The first-order valence-corrected chi connectivity index (χ1v) is 7.38. The van der Waals surface area contributed by atoms with Crippen molar-refractivity contribution in [1.29, 1.82) is 0 Å². The van der Waals surface area contributed by atoms with Crippen molar-refractivity contribution in [2.75, 3.05) is 0 Å². The zero-order chi connectivity index (χ0) is 17.3.